The van der Waals surface area contributed by atoms with Gasteiger partial charge in [-0.3, -0.25) is 14.5 Å². The molecule has 132 valence electrons. The lowest BCUT2D eigenvalue weighted by molar-refractivity contribution is -0.135. The Kier molecular flexibility index (Phi) is 4.71. The monoisotopic (exact) mass is 360 g/mol. The Morgan fingerprint density at radius 3 is 2.64 bits per heavy atom. The number of imide groups is 1. The number of nitrogens with one attached hydrogen (secondary N) is 2. The number of rotatable bonds is 6. The Morgan fingerprint density at radius 1 is 1.28 bits per heavy atom. The largest absolute Gasteiger partial charge is 0.348 e. The molecular formula is C17H20N4O3S. The smallest absolute Gasteiger partial charge is 0.325 e. The zero-order valence-corrected chi connectivity index (χ0v) is 15.0. The van der Waals surface area contributed by atoms with Crippen LogP contribution in [0, 0.1) is 0 Å². The minimum Gasteiger partial charge on any atom is -0.348 e. The van der Waals surface area contributed by atoms with Gasteiger partial charge >= 0.3 is 6.03 Å². The van der Waals surface area contributed by atoms with Gasteiger partial charge in [0.25, 0.3) is 5.91 Å². The van der Waals surface area contributed by atoms with Crippen LogP contribution in [0.15, 0.2) is 24.3 Å². The Bertz CT molecular complexity index is 795. The first-order valence-electron chi connectivity index (χ1n) is 8.24. The van der Waals surface area contributed by atoms with E-state index in [2.05, 4.69) is 15.6 Å². The van der Waals surface area contributed by atoms with Gasteiger partial charge in [-0.1, -0.05) is 26.0 Å². The zero-order chi connectivity index (χ0) is 18.0. The van der Waals surface area contributed by atoms with Crippen LogP contribution in [0.25, 0.3) is 10.2 Å². The topological polar surface area (TPSA) is 91.4 Å². The summed E-state index contributed by atoms with van der Waals surface area (Å²) in [6, 6.07) is 7.23. The summed E-state index contributed by atoms with van der Waals surface area (Å²) in [7, 11) is 0. The number of carbonyl (C=O) groups is 3. The third-order valence-corrected chi connectivity index (χ3v) is 5.57. The minimum absolute atomic E-state index is 0.272. The quantitative estimate of drug-likeness (QED) is 0.771. The Labute approximate surface area is 149 Å². The van der Waals surface area contributed by atoms with E-state index in [9.17, 15) is 14.4 Å². The first kappa shape index (κ1) is 17.3. The van der Waals surface area contributed by atoms with Gasteiger partial charge in [-0.25, -0.2) is 9.78 Å². The van der Waals surface area contributed by atoms with Crippen molar-refractivity contribution < 1.29 is 14.4 Å². The number of carbonyl (C=O) groups excluding carboxylic acids is 3. The van der Waals surface area contributed by atoms with Crippen LogP contribution >= 0.6 is 11.3 Å². The van der Waals surface area contributed by atoms with Gasteiger partial charge in [-0.05, 0) is 25.0 Å². The van der Waals surface area contributed by atoms with E-state index < -0.39 is 11.6 Å². The maximum absolute atomic E-state index is 12.5. The maximum atomic E-state index is 12.5. The Balaban J connectivity index is 1.61. The van der Waals surface area contributed by atoms with Crippen molar-refractivity contribution in [1.29, 1.82) is 0 Å². The molecule has 1 aromatic heterocycles. The second-order valence-electron chi connectivity index (χ2n) is 5.96. The van der Waals surface area contributed by atoms with E-state index in [1.165, 1.54) is 11.3 Å². The lowest BCUT2D eigenvalue weighted by Crippen LogP contribution is -2.46. The van der Waals surface area contributed by atoms with Gasteiger partial charge < -0.3 is 10.6 Å². The standard InChI is InChI=1S/C17H20N4O3S/c1-3-17(4-2)15(23)21(16(24)20-17)10-13(22)18-9-14-19-11-7-5-6-8-12(11)25-14/h5-8H,3-4,9-10H2,1-2H3,(H,18,22)(H,20,24). The van der Waals surface area contributed by atoms with Crippen LogP contribution < -0.4 is 10.6 Å². The number of aromatic nitrogens is 1. The number of nitrogens with zero attached hydrogens (tertiary/aromatic N) is 2. The van der Waals surface area contributed by atoms with Gasteiger partial charge in [-0.15, -0.1) is 11.3 Å². The predicted octanol–water partition coefficient (Wildman–Crippen LogP) is 2.02. The third kappa shape index (κ3) is 3.21. The molecule has 1 fully saturated rings. The number of amides is 4. The molecule has 0 aliphatic carbocycles. The van der Waals surface area contributed by atoms with Crippen molar-refractivity contribution in [3.8, 4) is 0 Å². The third-order valence-electron chi connectivity index (χ3n) is 4.53. The normalized spacial score (nSPS) is 16.3. The van der Waals surface area contributed by atoms with Crippen molar-refractivity contribution in [3.05, 3.63) is 29.3 Å². The highest BCUT2D eigenvalue weighted by molar-refractivity contribution is 7.18. The Hall–Kier alpha value is -2.48. The molecule has 1 aliphatic heterocycles. The molecule has 0 spiro atoms. The predicted molar refractivity (Wildman–Crippen MR) is 95.0 cm³/mol. The summed E-state index contributed by atoms with van der Waals surface area (Å²) in [5.41, 5.74) is 0.00577. The molecule has 1 aromatic carbocycles. The first-order chi connectivity index (χ1) is 12.0. The number of hydrogen-bond donors (Lipinski definition) is 2. The molecule has 3 rings (SSSR count). The van der Waals surface area contributed by atoms with E-state index in [1.54, 1.807) is 0 Å². The molecular weight excluding hydrogens is 340 g/mol. The SMILES string of the molecule is CCC1(CC)NC(=O)N(CC(=O)NCc2nc3ccccc3s2)C1=O. The highest BCUT2D eigenvalue weighted by Crippen LogP contribution is 2.25. The first-order valence-corrected chi connectivity index (χ1v) is 9.06. The molecule has 0 bridgehead atoms. The van der Waals surface area contributed by atoms with E-state index in [4.69, 9.17) is 0 Å². The van der Waals surface area contributed by atoms with E-state index in [0.717, 1.165) is 20.1 Å². The number of fused-ring (bicyclic) bond motifs is 1. The van der Waals surface area contributed by atoms with Gasteiger partial charge in [0.2, 0.25) is 5.91 Å². The maximum Gasteiger partial charge on any atom is 0.325 e. The van der Waals surface area contributed by atoms with Gasteiger partial charge in [0.05, 0.1) is 16.8 Å². The number of thiazole rings is 1. The highest BCUT2D eigenvalue weighted by Gasteiger charge is 2.49. The number of para-hydroxylation sites is 1. The average Bonchev–Trinajstić information content (AvgIpc) is 3.14. The summed E-state index contributed by atoms with van der Waals surface area (Å²) < 4.78 is 1.05. The van der Waals surface area contributed by atoms with Crippen LogP contribution in [0.5, 0.6) is 0 Å². The van der Waals surface area contributed by atoms with Crippen molar-refractivity contribution in [2.75, 3.05) is 6.54 Å². The van der Waals surface area contributed by atoms with Crippen molar-refractivity contribution in [1.82, 2.24) is 20.5 Å². The highest BCUT2D eigenvalue weighted by atomic mass is 32.1. The van der Waals surface area contributed by atoms with E-state index in [0.29, 0.717) is 12.8 Å². The molecule has 0 unspecified atom stereocenters. The summed E-state index contributed by atoms with van der Waals surface area (Å²) in [5, 5.41) is 6.22. The van der Waals surface area contributed by atoms with E-state index in [1.807, 2.05) is 38.1 Å². The molecule has 1 saturated heterocycles. The van der Waals surface area contributed by atoms with Gasteiger partial charge in [0.1, 0.15) is 17.1 Å². The number of urea groups is 1. The fourth-order valence-corrected chi connectivity index (χ4v) is 3.83. The summed E-state index contributed by atoms with van der Waals surface area (Å²) in [6.07, 6.45) is 0.996. The molecule has 7 nitrogen and oxygen atoms in total. The van der Waals surface area contributed by atoms with Gasteiger partial charge in [-0.2, -0.15) is 0 Å². The fourth-order valence-electron chi connectivity index (χ4n) is 2.92. The van der Waals surface area contributed by atoms with Crippen LogP contribution in [0.1, 0.15) is 31.7 Å². The van der Waals surface area contributed by atoms with Crippen LogP contribution in [0.3, 0.4) is 0 Å². The molecule has 2 aromatic rings. The zero-order valence-electron chi connectivity index (χ0n) is 14.2. The second-order valence-corrected chi connectivity index (χ2v) is 7.08. The molecule has 4 amide bonds. The minimum atomic E-state index is -0.885. The molecule has 1 aliphatic rings. The van der Waals surface area contributed by atoms with Gasteiger partial charge in [0.15, 0.2) is 0 Å². The summed E-state index contributed by atoms with van der Waals surface area (Å²) in [4.78, 5) is 42.1. The lowest BCUT2D eigenvalue weighted by atomic mass is 9.93. The molecule has 8 heteroatoms. The summed E-state index contributed by atoms with van der Waals surface area (Å²) in [5.74, 6) is -0.719. The number of benzene rings is 1. The lowest BCUT2D eigenvalue weighted by Gasteiger charge is -2.22. The molecule has 0 radical (unpaired) electrons. The Morgan fingerprint density at radius 2 is 2.00 bits per heavy atom. The summed E-state index contributed by atoms with van der Waals surface area (Å²) in [6.45, 7) is 3.68. The van der Waals surface area contributed by atoms with Crippen molar-refractivity contribution in [2.45, 2.75) is 38.8 Å². The fraction of sp³-hybridized carbons (Fsp3) is 0.412. The van der Waals surface area contributed by atoms with Gasteiger partial charge in [0, 0.05) is 0 Å². The van der Waals surface area contributed by atoms with Crippen molar-refractivity contribution >= 4 is 39.4 Å². The van der Waals surface area contributed by atoms with Crippen LogP contribution in [0.2, 0.25) is 0 Å². The van der Waals surface area contributed by atoms with E-state index in [-0.39, 0.29) is 24.9 Å². The second kappa shape index (κ2) is 6.79. The van der Waals surface area contributed by atoms with Crippen LogP contribution in [-0.4, -0.2) is 39.8 Å². The average molecular weight is 360 g/mol. The molecule has 0 saturated carbocycles. The van der Waals surface area contributed by atoms with Crippen LogP contribution in [-0.2, 0) is 16.1 Å². The molecule has 2 heterocycles. The molecule has 25 heavy (non-hydrogen) atoms. The van der Waals surface area contributed by atoms with Crippen molar-refractivity contribution in [3.63, 3.8) is 0 Å². The van der Waals surface area contributed by atoms with E-state index >= 15 is 0 Å². The molecule has 0 atom stereocenters. The number of hydrogen-bond acceptors (Lipinski definition) is 5. The summed E-state index contributed by atoms with van der Waals surface area (Å²) >= 11 is 1.50. The van der Waals surface area contributed by atoms with Crippen molar-refractivity contribution in [2.24, 2.45) is 0 Å². The molecule has 2 N–H and O–H groups in total. The van der Waals surface area contributed by atoms with Crippen LogP contribution in [0.4, 0.5) is 4.79 Å².